The standard InChI is InChI=1S/C14H19NO4S/c1-10(9-20(17)11-6-4-3-5-7-11)13-12(19-13)8-18-14(16)15-2/h3-7,10,12-13H,8-9H2,1-2H3,(H,15,16)/t10-,12+,13-,20?/m1/s1. The number of carbonyl (C=O) groups is 1. The van der Waals surface area contributed by atoms with E-state index in [0.29, 0.717) is 5.75 Å². The van der Waals surface area contributed by atoms with Gasteiger partial charge in [0.05, 0.1) is 16.9 Å². The molecule has 1 aromatic rings. The van der Waals surface area contributed by atoms with Gasteiger partial charge in [-0.3, -0.25) is 4.21 Å². The topological polar surface area (TPSA) is 67.9 Å². The second-order valence-electron chi connectivity index (χ2n) is 4.79. The summed E-state index contributed by atoms with van der Waals surface area (Å²) in [5.74, 6) is 0.708. The number of ether oxygens (including phenoxy) is 2. The van der Waals surface area contributed by atoms with E-state index in [1.807, 2.05) is 37.3 Å². The van der Waals surface area contributed by atoms with Gasteiger partial charge in [0.25, 0.3) is 0 Å². The van der Waals surface area contributed by atoms with Crippen LogP contribution in [0.1, 0.15) is 6.92 Å². The zero-order valence-corrected chi connectivity index (χ0v) is 12.4. The van der Waals surface area contributed by atoms with Crippen LogP contribution < -0.4 is 5.32 Å². The van der Waals surface area contributed by atoms with Crippen LogP contribution in [-0.4, -0.2) is 41.9 Å². The summed E-state index contributed by atoms with van der Waals surface area (Å²) in [6.45, 7) is 2.25. The van der Waals surface area contributed by atoms with Crippen LogP contribution in [0.25, 0.3) is 0 Å². The van der Waals surface area contributed by atoms with E-state index in [4.69, 9.17) is 9.47 Å². The minimum Gasteiger partial charge on any atom is -0.447 e. The predicted molar refractivity (Wildman–Crippen MR) is 76.0 cm³/mol. The fourth-order valence-electron chi connectivity index (χ4n) is 2.02. The third-order valence-corrected chi connectivity index (χ3v) is 4.81. The summed E-state index contributed by atoms with van der Waals surface area (Å²) in [6, 6.07) is 9.39. The molecule has 0 radical (unpaired) electrons. The van der Waals surface area contributed by atoms with Crippen molar-refractivity contribution in [3.8, 4) is 0 Å². The lowest BCUT2D eigenvalue weighted by Crippen LogP contribution is -2.23. The van der Waals surface area contributed by atoms with Gasteiger partial charge in [0.15, 0.2) is 0 Å². The van der Waals surface area contributed by atoms with Crippen molar-refractivity contribution in [1.82, 2.24) is 5.32 Å². The Kier molecular flexibility index (Phi) is 5.14. The van der Waals surface area contributed by atoms with E-state index in [9.17, 15) is 9.00 Å². The Labute approximate surface area is 121 Å². The van der Waals surface area contributed by atoms with E-state index in [-0.39, 0.29) is 24.7 Å². The molecule has 1 N–H and O–H groups in total. The quantitative estimate of drug-likeness (QED) is 0.809. The molecule has 5 nitrogen and oxygen atoms in total. The smallest absolute Gasteiger partial charge is 0.406 e. The van der Waals surface area contributed by atoms with Gasteiger partial charge in [0.1, 0.15) is 12.7 Å². The molecule has 0 saturated carbocycles. The van der Waals surface area contributed by atoms with Gasteiger partial charge < -0.3 is 14.8 Å². The summed E-state index contributed by atoms with van der Waals surface area (Å²) in [4.78, 5) is 11.8. The minimum absolute atomic E-state index is 0.0207. The molecule has 1 fully saturated rings. The van der Waals surface area contributed by atoms with Gasteiger partial charge in [-0.05, 0) is 18.1 Å². The molecule has 4 atom stereocenters. The largest absolute Gasteiger partial charge is 0.447 e. The Morgan fingerprint density at radius 3 is 2.80 bits per heavy atom. The molecule has 0 spiro atoms. The summed E-state index contributed by atoms with van der Waals surface area (Å²) in [7, 11) is 0.490. The van der Waals surface area contributed by atoms with Gasteiger partial charge >= 0.3 is 6.09 Å². The number of carbonyl (C=O) groups excluding carboxylic acids is 1. The van der Waals surface area contributed by atoms with Gasteiger partial charge in [-0.2, -0.15) is 0 Å². The molecule has 1 aromatic carbocycles. The minimum atomic E-state index is -1.02. The predicted octanol–water partition coefficient (Wildman–Crippen LogP) is 1.55. The molecule has 1 aliphatic rings. The number of rotatable bonds is 6. The first-order valence-corrected chi connectivity index (χ1v) is 7.87. The first-order chi connectivity index (χ1) is 9.61. The molecule has 1 amide bonds. The number of hydrogen-bond acceptors (Lipinski definition) is 4. The third kappa shape index (κ3) is 4.05. The Morgan fingerprint density at radius 2 is 2.15 bits per heavy atom. The Hall–Kier alpha value is -1.40. The summed E-state index contributed by atoms with van der Waals surface area (Å²) in [5, 5.41) is 2.38. The zero-order valence-electron chi connectivity index (χ0n) is 11.6. The lowest BCUT2D eigenvalue weighted by Gasteiger charge is -2.08. The van der Waals surface area contributed by atoms with E-state index in [1.165, 1.54) is 7.05 Å². The molecule has 1 heterocycles. The normalized spacial score (nSPS) is 23.7. The van der Waals surface area contributed by atoms with Gasteiger partial charge in [-0.15, -0.1) is 0 Å². The molecule has 2 rings (SSSR count). The molecule has 0 aliphatic carbocycles. The van der Waals surface area contributed by atoms with Crippen LogP contribution in [0.5, 0.6) is 0 Å². The van der Waals surface area contributed by atoms with Crippen molar-refractivity contribution in [2.75, 3.05) is 19.4 Å². The van der Waals surface area contributed by atoms with Gasteiger partial charge in [0.2, 0.25) is 0 Å². The van der Waals surface area contributed by atoms with Gasteiger partial charge in [0, 0.05) is 17.7 Å². The maximum absolute atomic E-state index is 12.2. The molecule has 1 saturated heterocycles. The highest BCUT2D eigenvalue weighted by atomic mass is 32.2. The first kappa shape index (κ1) is 15.0. The molecule has 1 unspecified atom stereocenters. The van der Waals surface area contributed by atoms with Crippen molar-refractivity contribution < 1.29 is 18.5 Å². The average Bonchev–Trinajstić information content (AvgIpc) is 3.25. The lowest BCUT2D eigenvalue weighted by molar-refractivity contribution is 0.138. The van der Waals surface area contributed by atoms with Crippen LogP contribution in [0.15, 0.2) is 35.2 Å². The molecule has 0 bridgehead atoms. The molecule has 110 valence electrons. The lowest BCUT2D eigenvalue weighted by atomic mass is 10.1. The number of nitrogens with one attached hydrogen (secondary N) is 1. The summed E-state index contributed by atoms with van der Waals surface area (Å²) in [5.41, 5.74) is 0. The van der Waals surface area contributed by atoms with E-state index < -0.39 is 16.9 Å². The zero-order chi connectivity index (χ0) is 14.5. The van der Waals surface area contributed by atoms with Crippen LogP contribution in [-0.2, 0) is 20.3 Å². The average molecular weight is 297 g/mol. The highest BCUT2D eigenvalue weighted by Crippen LogP contribution is 2.30. The summed E-state index contributed by atoms with van der Waals surface area (Å²) >= 11 is 0. The van der Waals surface area contributed by atoms with Crippen molar-refractivity contribution in [3.05, 3.63) is 30.3 Å². The van der Waals surface area contributed by atoms with E-state index >= 15 is 0 Å². The number of amides is 1. The number of benzene rings is 1. The molecule has 6 heteroatoms. The van der Waals surface area contributed by atoms with Gasteiger partial charge in [-0.25, -0.2) is 4.79 Å². The van der Waals surface area contributed by atoms with E-state index in [1.54, 1.807) is 0 Å². The maximum Gasteiger partial charge on any atom is 0.406 e. The SMILES string of the molecule is CNC(=O)OC[C@@H]1O[C@@H]1[C@H](C)CS(=O)c1ccccc1. The molecule has 20 heavy (non-hydrogen) atoms. The van der Waals surface area contributed by atoms with Crippen molar-refractivity contribution in [2.24, 2.45) is 5.92 Å². The molecule has 0 aromatic heterocycles. The number of epoxide rings is 1. The third-order valence-electron chi connectivity index (χ3n) is 3.19. The van der Waals surface area contributed by atoms with E-state index in [0.717, 1.165) is 4.90 Å². The van der Waals surface area contributed by atoms with Crippen LogP contribution >= 0.6 is 0 Å². The monoisotopic (exact) mass is 297 g/mol. The second kappa shape index (κ2) is 6.85. The second-order valence-corrected chi connectivity index (χ2v) is 6.29. The van der Waals surface area contributed by atoms with Crippen molar-refractivity contribution in [1.29, 1.82) is 0 Å². The Morgan fingerprint density at radius 1 is 1.45 bits per heavy atom. The highest BCUT2D eigenvalue weighted by molar-refractivity contribution is 7.85. The van der Waals surface area contributed by atoms with Crippen LogP contribution in [0.3, 0.4) is 0 Å². The van der Waals surface area contributed by atoms with Gasteiger partial charge in [-0.1, -0.05) is 25.1 Å². The molecule has 1 aliphatic heterocycles. The Balaban J connectivity index is 1.75. The fourth-order valence-corrected chi connectivity index (χ4v) is 3.34. The highest BCUT2D eigenvalue weighted by Gasteiger charge is 2.44. The van der Waals surface area contributed by atoms with Crippen molar-refractivity contribution in [3.63, 3.8) is 0 Å². The summed E-state index contributed by atoms with van der Waals surface area (Å²) < 4.78 is 22.6. The Bertz CT molecular complexity index is 479. The first-order valence-electron chi connectivity index (χ1n) is 6.55. The molecular weight excluding hydrogens is 278 g/mol. The maximum atomic E-state index is 12.2. The fraction of sp³-hybridized carbons (Fsp3) is 0.500. The van der Waals surface area contributed by atoms with Crippen LogP contribution in [0.4, 0.5) is 4.79 Å². The van der Waals surface area contributed by atoms with Crippen LogP contribution in [0.2, 0.25) is 0 Å². The number of hydrogen-bond donors (Lipinski definition) is 1. The molecular formula is C14H19NO4S. The van der Waals surface area contributed by atoms with Crippen molar-refractivity contribution in [2.45, 2.75) is 24.0 Å². The van der Waals surface area contributed by atoms with E-state index in [2.05, 4.69) is 5.32 Å². The number of alkyl carbamates (subject to hydrolysis) is 1. The van der Waals surface area contributed by atoms with Crippen molar-refractivity contribution >= 4 is 16.9 Å². The summed E-state index contributed by atoms with van der Waals surface area (Å²) in [6.07, 6.45) is -0.512. The van der Waals surface area contributed by atoms with Crippen LogP contribution in [0, 0.1) is 5.92 Å².